The van der Waals surface area contributed by atoms with Gasteiger partial charge >= 0.3 is 0 Å². The Kier molecular flexibility index (Phi) is 6.06. The van der Waals surface area contributed by atoms with Gasteiger partial charge in [-0.15, -0.1) is 0 Å². The monoisotopic (exact) mass is 245 g/mol. The van der Waals surface area contributed by atoms with Gasteiger partial charge in [0.05, 0.1) is 0 Å². The summed E-state index contributed by atoms with van der Waals surface area (Å²) in [6.07, 6.45) is 14.4. The molecule has 98 valence electrons. The van der Waals surface area contributed by atoms with E-state index < -0.39 is 0 Å². The molecule has 0 bridgehead atoms. The van der Waals surface area contributed by atoms with Crippen molar-refractivity contribution in [3.63, 3.8) is 0 Å². The van der Waals surface area contributed by atoms with E-state index in [-0.39, 0.29) is 5.76 Å². The first-order valence-electron chi connectivity index (χ1n) is 6.54. The first-order valence-corrected chi connectivity index (χ1v) is 6.54. The quantitative estimate of drug-likeness (QED) is 0.595. The molecule has 0 aromatic heterocycles. The van der Waals surface area contributed by atoms with Crippen molar-refractivity contribution in [1.82, 2.24) is 4.90 Å². The van der Waals surface area contributed by atoms with Crippen LogP contribution in [0.4, 0.5) is 0 Å². The number of aliphatic hydroxyl groups excluding tert-OH is 1. The van der Waals surface area contributed by atoms with Crippen LogP contribution in [0.1, 0.15) is 26.7 Å². The van der Waals surface area contributed by atoms with Crippen LogP contribution in [0.3, 0.4) is 0 Å². The molecule has 1 N–H and O–H groups in total. The van der Waals surface area contributed by atoms with E-state index in [1.165, 1.54) is 5.57 Å². The second kappa shape index (κ2) is 7.59. The molecule has 0 saturated carbocycles. The van der Waals surface area contributed by atoms with Crippen molar-refractivity contribution < 1.29 is 5.11 Å². The zero-order valence-electron chi connectivity index (χ0n) is 11.4. The number of rotatable bonds is 4. The smallest absolute Gasteiger partial charge is 0.108 e. The zero-order valence-corrected chi connectivity index (χ0v) is 11.4. The van der Waals surface area contributed by atoms with Gasteiger partial charge in [0.2, 0.25) is 0 Å². The largest absolute Gasteiger partial charge is 0.509 e. The summed E-state index contributed by atoms with van der Waals surface area (Å²) in [6, 6.07) is 0. The molecule has 18 heavy (non-hydrogen) atoms. The minimum Gasteiger partial charge on any atom is -0.509 e. The molecule has 1 aliphatic heterocycles. The van der Waals surface area contributed by atoms with Gasteiger partial charge in [-0.3, -0.25) is 0 Å². The summed E-state index contributed by atoms with van der Waals surface area (Å²) in [5.41, 5.74) is 2.50. The highest BCUT2D eigenvalue weighted by Crippen LogP contribution is 2.14. The zero-order chi connectivity index (χ0) is 13.4. The molecule has 0 aromatic carbocycles. The van der Waals surface area contributed by atoms with Gasteiger partial charge in [-0.05, 0) is 31.9 Å². The Hall–Kier alpha value is -1.70. The molecule has 0 aliphatic carbocycles. The minimum absolute atomic E-state index is 0.0900. The number of likely N-dealkylation sites (N-methyl/N-ethyl adjacent to an activating group) is 1. The number of hydrogen-bond acceptors (Lipinski definition) is 2. The lowest BCUT2D eigenvalue weighted by atomic mass is 10.1. The van der Waals surface area contributed by atoms with E-state index in [9.17, 15) is 0 Å². The second-order valence-corrected chi connectivity index (χ2v) is 4.26. The predicted octanol–water partition coefficient (Wildman–Crippen LogP) is 4.12. The normalized spacial score (nSPS) is 24.4. The molecule has 1 aliphatic rings. The van der Waals surface area contributed by atoms with Crippen molar-refractivity contribution in [3.05, 3.63) is 60.1 Å². The Labute approximate surface area is 110 Å². The highest BCUT2D eigenvalue weighted by atomic mass is 16.3. The fraction of sp³-hybridized carbons (Fsp3) is 0.375. The summed E-state index contributed by atoms with van der Waals surface area (Å²) in [7, 11) is 0. The standard InChI is InChI=1S/C16H23NO/c1-4-15-8-6-10-16(12-11-14(3)18)17(5-2)13-7-9-15/h7-12,18H,3-6,13H2,1-2H3/b9-7-,12-11+,15-8-,16-10-. The summed E-state index contributed by atoms with van der Waals surface area (Å²) >= 11 is 0. The van der Waals surface area contributed by atoms with Gasteiger partial charge < -0.3 is 10.0 Å². The highest BCUT2D eigenvalue weighted by molar-refractivity contribution is 5.27. The second-order valence-electron chi connectivity index (χ2n) is 4.26. The maximum atomic E-state index is 9.15. The summed E-state index contributed by atoms with van der Waals surface area (Å²) in [5.74, 6) is 0.0900. The molecule has 0 fully saturated rings. The number of nitrogens with zero attached hydrogens (tertiary/aromatic N) is 1. The molecule has 0 atom stereocenters. The molecule has 0 amide bonds. The third kappa shape index (κ3) is 4.66. The van der Waals surface area contributed by atoms with Gasteiger partial charge in [0.1, 0.15) is 5.76 Å². The fourth-order valence-corrected chi connectivity index (χ4v) is 1.89. The topological polar surface area (TPSA) is 23.5 Å². The van der Waals surface area contributed by atoms with Crippen molar-refractivity contribution in [1.29, 1.82) is 0 Å². The lowest BCUT2D eigenvalue weighted by molar-refractivity contribution is 0.410. The van der Waals surface area contributed by atoms with E-state index >= 15 is 0 Å². The Bertz CT molecular complexity index is 399. The molecule has 1 rings (SSSR count). The van der Waals surface area contributed by atoms with E-state index in [0.29, 0.717) is 0 Å². The van der Waals surface area contributed by atoms with Crippen LogP contribution in [0.15, 0.2) is 60.1 Å². The fourth-order valence-electron chi connectivity index (χ4n) is 1.89. The molecule has 0 unspecified atom stereocenters. The van der Waals surface area contributed by atoms with E-state index in [0.717, 1.165) is 31.6 Å². The van der Waals surface area contributed by atoms with Gasteiger partial charge in [0.25, 0.3) is 0 Å². The summed E-state index contributed by atoms with van der Waals surface area (Å²) < 4.78 is 0. The summed E-state index contributed by atoms with van der Waals surface area (Å²) in [6.45, 7) is 9.62. The summed E-state index contributed by atoms with van der Waals surface area (Å²) in [4.78, 5) is 2.27. The maximum absolute atomic E-state index is 9.15. The molecule has 2 nitrogen and oxygen atoms in total. The third-order valence-electron chi connectivity index (χ3n) is 2.97. The molecule has 1 heterocycles. The van der Waals surface area contributed by atoms with Gasteiger partial charge in [-0.1, -0.05) is 43.4 Å². The number of allylic oxidation sites excluding steroid dienone is 6. The van der Waals surface area contributed by atoms with Crippen molar-refractivity contribution in [2.24, 2.45) is 0 Å². The van der Waals surface area contributed by atoms with E-state index in [1.807, 2.05) is 6.08 Å². The molecule has 0 saturated heterocycles. The van der Waals surface area contributed by atoms with Crippen LogP contribution >= 0.6 is 0 Å². The van der Waals surface area contributed by atoms with Gasteiger partial charge in [-0.25, -0.2) is 0 Å². The number of aliphatic hydroxyl groups is 1. The Morgan fingerprint density at radius 2 is 2.22 bits per heavy atom. The van der Waals surface area contributed by atoms with Crippen LogP contribution in [0.2, 0.25) is 0 Å². The number of hydrogen-bond donors (Lipinski definition) is 1. The maximum Gasteiger partial charge on any atom is 0.108 e. The van der Waals surface area contributed by atoms with E-state index in [4.69, 9.17) is 5.11 Å². The lowest BCUT2D eigenvalue weighted by Crippen LogP contribution is -2.21. The van der Waals surface area contributed by atoms with Crippen LogP contribution in [0.5, 0.6) is 0 Å². The van der Waals surface area contributed by atoms with Crippen molar-refractivity contribution in [2.45, 2.75) is 26.7 Å². The van der Waals surface area contributed by atoms with Crippen LogP contribution in [-0.2, 0) is 0 Å². The van der Waals surface area contributed by atoms with Gasteiger partial charge in [0.15, 0.2) is 0 Å². The van der Waals surface area contributed by atoms with E-state index in [1.54, 1.807) is 6.08 Å². The Morgan fingerprint density at radius 1 is 1.44 bits per heavy atom. The molecule has 0 radical (unpaired) electrons. The first kappa shape index (κ1) is 14.4. The summed E-state index contributed by atoms with van der Waals surface area (Å²) in [5, 5.41) is 9.15. The first-order chi connectivity index (χ1) is 8.67. The highest BCUT2D eigenvalue weighted by Gasteiger charge is 2.04. The van der Waals surface area contributed by atoms with Gasteiger partial charge in [0, 0.05) is 18.8 Å². The van der Waals surface area contributed by atoms with Crippen molar-refractivity contribution >= 4 is 0 Å². The molecule has 0 spiro atoms. The average Bonchev–Trinajstić information content (AvgIpc) is 2.45. The van der Waals surface area contributed by atoms with Crippen LogP contribution in [0.25, 0.3) is 0 Å². The Balaban J connectivity index is 2.92. The predicted molar refractivity (Wildman–Crippen MR) is 78.4 cm³/mol. The van der Waals surface area contributed by atoms with Crippen LogP contribution in [-0.4, -0.2) is 23.1 Å². The average molecular weight is 245 g/mol. The van der Waals surface area contributed by atoms with E-state index in [2.05, 4.69) is 49.6 Å². The van der Waals surface area contributed by atoms with Gasteiger partial charge in [-0.2, -0.15) is 0 Å². The van der Waals surface area contributed by atoms with Crippen LogP contribution in [0, 0.1) is 0 Å². The lowest BCUT2D eigenvalue weighted by Gasteiger charge is -2.22. The molecule has 0 aromatic rings. The van der Waals surface area contributed by atoms with Crippen molar-refractivity contribution in [2.75, 3.05) is 13.1 Å². The Morgan fingerprint density at radius 3 is 2.83 bits per heavy atom. The third-order valence-corrected chi connectivity index (χ3v) is 2.97. The minimum atomic E-state index is 0.0900. The SMILES string of the molecule is C=C(O)/C=C/C1=C/C/C=C(CC)\C=C/CN1CC. The molecular weight excluding hydrogens is 222 g/mol. The molecule has 2 heteroatoms. The van der Waals surface area contributed by atoms with Crippen molar-refractivity contribution in [3.8, 4) is 0 Å². The van der Waals surface area contributed by atoms with Crippen LogP contribution < -0.4 is 0 Å². The molecular formula is C16H23NO.